The number of fused-ring (bicyclic) bond motifs is 1. The maximum absolute atomic E-state index is 6.14. The van der Waals surface area contributed by atoms with Crippen LogP contribution in [0.4, 0.5) is 0 Å². The summed E-state index contributed by atoms with van der Waals surface area (Å²) in [5.74, 6) is 0.826. The second-order valence-electron chi connectivity index (χ2n) is 5.67. The molecule has 0 amide bonds. The molecule has 2 heterocycles. The Labute approximate surface area is 105 Å². The van der Waals surface area contributed by atoms with E-state index in [1.165, 1.54) is 0 Å². The van der Waals surface area contributed by atoms with Gasteiger partial charge in [-0.1, -0.05) is 32.1 Å². The zero-order valence-electron chi connectivity index (χ0n) is 10.8. The number of hydrogen-bond donors (Lipinski definition) is 1. The van der Waals surface area contributed by atoms with Gasteiger partial charge in [0.15, 0.2) is 5.82 Å². The van der Waals surface area contributed by atoms with E-state index in [1.54, 1.807) is 15.9 Å². The summed E-state index contributed by atoms with van der Waals surface area (Å²) in [6.07, 6.45) is 1.80. The van der Waals surface area contributed by atoms with Crippen molar-refractivity contribution < 1.29 is 0 Å². The molecule has 17 heavy (non-hydrogen) atoms. The molecule has 5 nitrogen and oxygen atoms in total. The van der Waals surface area contributed by atoms with Gasteiger partial charge >= 0.3 is 0 Å². The first-order valence-electron chi connectivity index (χ1n) is 5.78. The third kappa shape index (κ3) is 3.01. The lowest BCUT2D eigenvalue weighted by atomic mass is 9.87. The molecule has 0 radical (unpaired) electrons. The molecule has 0 saturated carbocycles. The van der Waals surface area contributed by atoms with E-state index in [-0.39, 0.29) is 11.5 Å². The van der Waals surface area contributed by atoms with Gasteiger partial charge in [-0.2, -0.15) is 9.61 Å². The highest BCUT2D eigenvalue weighted by Crippen LogP contribution is 2.23. The van der Waals surface area contributed by atoms with Gasteiger partial charge in [0.2, 0.25) is 4.96 Å². The van der Waals surface area contributed by atoms with Crippen molar-refractivity contribution >= 4 is 16.3 Å². The molecule has 2 N–H and O–H groups in total. The molecule has 2 rings (SSSR count). The number of hydrogen-bond acceptors (Lipinski definition) is 5. The quantitative estimate of drug-likeness (QED) is 0.905. The van der Waals surface area contributed by atoms with E-state index in [1.807, 2.05) is 6.92 Å². The molecule has 0 aliphatic carbocycles. The van der Waals surface area contributed by atoms with Crippen LogP contribution in [0.15, 0.2) is 0 Å². The average Bonchev–Trinajstić information content (AvgIpc) is 2.65. The summed E-state index contributed by atoms with van der Waals surface area (Å²) in [7, 11) is 0. The molecule has 2 aromatic heterocycles. The molecule has 1 unspecified atom stereocenters. The van der Waals surface area contributed by atoms with E-state index in [2.05, 4.69) is 36.1 Å². The summed E-state index contributed by atoms with van der Waals surface area (Å²) in [6, 6.07) is 0.152. The van der Waals surface area contributed by atoms with Crippen LogP contribution in [-0.4, -0.2) is 25.9 Å². The lowest BCUT2D eigenvalue weighted by Crippen LogP contribution is -2.28. The van der Waals surface area contributed by atoms with E-state index in [4.69, 9.17) is 5.73 Å². The Hall–Kier alpha value is -1.01. The molecule has 0 saturated heterocycles. The van der Waals surface area contributed by atoms with Crippen LogP contribution in [0.25, 0.3) is 4.96 Å². The molecule has 2 aromatic rings. The average molecular weight is 253 g/mol. The van der Waals surface area contributed by atoms with Crippen LogP contribution in [0.3, 0.4) is 0 Å². The molecule has 0 aromatic carbocycles. The highest BCUT2D eigenvalue weighted by molar-refractivity contribution is 7.16. The lowest BCUT2D eigenvalue weighted by Gasteiger charge is -2.22. The van der Waals surface area contributed by atoms with Crippen LogP contribution in [0, 0.1) is 12.3 Å². The topological polar surface area (TPSA) is 69.1 Å². The standard InChI is InChI=1S/C11H19N5S/c1-7-13-14-10-16(7)15-9(17-10)5-8(12)6-11(2,3)4/h8H,5-6,12H2,1-4H3. The molecule has 0 bridgehead atoms. The third-order valence-electron chi connectivity index (χ3n) is 2.50. The largest absolute Gasteiger partial charge is 0.327 e. The van der Waals surface area contributed by atoms with Crippen molar-refractivity contribution in [3.63, 3.8) is 0 Å². The second kappa shape index (κ2) is 4.34. The Bertz CT molecular complexity index is 507. The smallest absolute Gasteiger partial charge is 0.234 e. The molecule has 0 aliphatic rings. The Morgan fingerprint density at radius 3 is 2.65 bits per heavy atom. The summed E-state index contributed by atoms with van der Waals surface area (Å²) >= 11 is 1.57. The fourth-order valence-electron chi connectivity index (χ4n) is 1.92. The lowest BCUT2D eigenvalue weighted by molar-refractivity contribution is 0.338. The zero-order valence-corrected chi connectivity index (χ0v) is 11.6. The Balaban J connectivity index is 2.08. The monoisotopic (exact) mass is 253 g/mol. The van der Waals surface area contributed by atoms with Gasteiger partial charge in [0.25, 0.3) is 0 Å². The van der Waals surface area contributed by atoms with Crippen LogP contribution in [0.1, 0.15) is 38.0 Å². The van der Waals surface area contributed by atoms with Gasteiger partial charge in [0.05, 0.1) is 0 Å². The number of nitrogens with zero attached hydrogens (tertiary/aromatic N) is 4. The van der Waals surface area contributed by atoms with E-state index < -0.39 is 0 Å². The van der Waals surface area contributed by atoms with Crippen molar-refractivity contribution in [1.29, 1.82) is 0 Å². The van der Waals surface area contributed by atoms with E-state index >= 15 is 0 Å². The second-order valence-corrected chi connectivity index (χ2v) is 6.71. The zero-order chi connectivity index (χ0) is 12.6. The van der Waals surface area contributed by atoms with Crippen molar-refractivity contribution in [1.82, 2.24) is 19.8 Å². The van der Waals surface area contributed by atoms with Crippen molar-refractivity contribution in [3.8, 4) is 0 Å². The first-order chi connectivity index (χ1) is 7.85. The van der Waals surface area contributed by atoms with Crippen LogP contribution < -0.4 is 5.73 Å². The first-order valence-corrected chi connectivity index (χ1v) is 6.60. The van der Waals surface area contributed by atoms with Crippen LogP contribution in [-0.2, 0) is 6.42 Å². The van der Waals surface area contributed by atoms with Gasteiger partial charge in [-0.15, -0.1) is 10.2 Å². The van der Waals surface area contributed by atoms with Crippen molar-refractivity contribution in [2.45, 2.75) is 46.6 Å². The van der Waals surface area contributed by atoms with Gasteiger partial charge in [0.1, 0.15) is 5.01 Å². The van der Waals surface area contributed by atoms with Gasteiger partial charge < -0.3 is 5.73 Å². The Morgan fingerprint density at radius 1 is 1.35 bits per heavy atom. The minimum atomic E-state index is 0.152. The molecule has 0 spiro atoms. The van der Waals surface area contributed by atoms with Crippen molar-refractivity contribution in [2.75, 3.05) is 0 Å². The minimum absolute atomic E-state index is 0.152. The maximum atomic E-state index is 6.14. The van der Waals surface area contributed by atoms with Crippen molar-refractivity contribution in [2.24, 2.45) is 11.1 Å². The SMILES string of the molecule is Cc1nnc2sc(CC(N)CC(C)(C)C)nn12. The highest BCUT2D eigenvalue weighted by atomic mass is 32.1. The molecule has 1 atom stereocenters. The van der Waals surface area contributed by atoms with E-state index in [0.717, 1.165) is 28.6 Å². The highest BCUT2D eigenvalue weighted by Gasteiger charge is 2.18. The predicted octanol–water partition coefficient (Wildman–Crippen LogP) is 1.80. The molecule has 0 fully saturated rings. The summed E-state index contributed by atoms with van der Waals surface area (Å²) in [6.45, 7) is 8.51. The molecule has 94 valence electrons. The summed E-state index contributed by atoms with van der Waals surface area (Å²) < 4.78 is 1.78. The normalized spacial score (nSPS) is 14.4. The summed E-state index contributed by atoms with van der Waals surface area (Å²) in [4.78, 5) is 0.848. The number of rotatable bonds is 3. The van der Waals surface area contributed by atoms with Gasteiger partial charge in [-0.25, -0.2) is 0 Å². The van der Waals surface area contributed by atoms with E-state index in [0.29, 0.717) is 0 Å². The van der Waals surface area contributed by atoms with Crippen LogP contribution >= 0.6 is 11.3 Å². The summed E-state index contributed by atoms with van der Waals surface area (Å²) in [5, 5.41) is 13.5. The third-order valence-corrected chi connectivity index (χ3v) is 3.42. The number of aromatic nitrogens is 4. The van der Waals surface area contributed by atoms with Gasteiger partial charge in [0, 0.05) is 12.5 Å². The van der Waals surface area contributed by atoms with Gasteiger partial charge in [-0.05, 0) is 18.8 Å². The maximum Gasteiger partial charge on any atom is 0.234 e. The molecular formula is C11H19N5S. The van der Waals surface area contributed by atoms with Crippen LogP contribution in [0.2, 0.25) is 0 Å². The Kier molecular flexibility index (Phi) is 3.18. The predicted molar refractivity (Wildman–Crippen MR) is 69.1 cm³/mol. The number of aryl methyl sites for hydroxylation is 1. The molecule has 0 aliphatic heterocycles. The Morgan fingerprint density at radius 2 is 2.06 bits per heavy atom. The molecule has 6 heteroatoms. The fourth-order valence-corrected chi connectivity index (χ4v) is 2.89. The van der Waals surface area contributed by atoms with Gasteiger partial charge in [-0.3, -0.25) is 0 Å². The summed E-state index contributed by atoms with van der Waals surface area (Å²) in [5.41, 5.74) is 6.40. The van der Waals surface area contributed by atoms with Crippen LogP contribution in [0.5, 0.6) is 0 Å². The van der Waals surface area contributed by atoms with Crippen molar-refractivity contribution in [3.05, 3.63) is 10.8 Å². The fraction of sp³-hybridized carbons (Fsp3) is 0.727. The van der Waals surface area contributed by atoms with E-state index in [9.17, 15) is 0 Å². The first kappa shape index (κ1) is 12.4. The molecular weight excluding hydrogens is 234 g/mol. The number of nitrogens with two attached hydrogens (primary N) is 1. The minimum Gasteiger partial charge on any atom is -0.327 e.